The van der Waals surface area contributed by atoms with Gasteiger partial charge in [-0.1, -0.05) is 50.2 Å². The van der Waals surface area contributed by atoms with Crippen molar-refractivity contribution in [1.29, 1.82) is 0 Å². The molecule has 0 unspecified atom stereocenters. The van der Waals surface area contributed by atoms with Crippen molar-refractivity contribution in [2.45, 2.75) is 24.7 Å². The van der Waals surface area contributed by atoms with E-state index in [9.17, 15) is 4.39 Å². The maximum atomic E-state index is 14.1. The Morgan fingerprint density at radius 2 is 1.77 bits per heavy atom. The maximum Gasteiger partial charge on any atom is 0.237 e. The first-order chi connectivity index (χ1) is 15.1. The molecule has 0 bridgehead atoms. The second kappa shape index (κ2) is 9.57. The predicted octanol–water partition coefficient (Wildman–Crippen LogP) is 6.71. The van der Waals surface area contributed by atoms with E-state index in [1.807, 2.05) is 30.3 Å². The Hall–Kier alpha value is -3.45. The molecule has 7 heteroatoms. The van der Waals surface area contributed by atoms with E-state index >= 15 is 0 Å². The molecule has 2 aromatic carbocycles. The number of pyridine rings is 1. The summed E-state index contributed by atoms with van der Waals surface area (Å²) in [5, 5.41) is 0. The van der Waals surface area contributed by atoms with Crippen molar-refractivity contribution in [3.63, 3.8) is 0 Å². The zero-order valence-corrected chi connectivity index (χ0v) is 17.9. The Morgan fingerprint density at radius 3 is 2.55 bits per heavy atom. The number of nitrogens with zero attached hydrogens (tertiary/aromatic N) is 3. The van der Waals surface area contributed by atoms with Gasteiger partial charge in [0.15, 0.2) is 11.6 Å². The molecule has 0 aliphatic rings. The van der Waals surface area contributed by atoms with Crippen molar-refractivity contribution in [2.24, 2.45) is 0 Å². The number of halogens is 1. The third-order valence-corrected chi connectivity index (χ3v) is 5.27. The van der Waals surface area contributed by atoms with Crippen LogP contribution in [0, 0.1) is 5.82 Å². The van der Waals surface area contributed by atoms with Gasteiger partial charge in [-0.2, -0.15) is 4.98 Å². The van der Waals surface area contributed by atoms with Gasteiger partial charge in [0.05, 0.1) is 5.69 Å². The van der Waals surface area contributed by atoms with Crippen LogP contribution in [-0.2, 0) is 0 Å². The molecule has 0 fully saturated rings. The van der Waals surface area contributed by atoms with E-state index in [1.54, 1.807) is 36.7 Å². The Labute approximate surface area is 184 Å². The molecule has 0 aliphatic carbocycles. The fourth-order valence-corrected chi connectivity index (χ4v) is 3.61. The Kier molecular flexibility index (Phi) is 6.43. The smallest absolute Gasteiger partial charge is 0.237 e. The van der Waals surface area contributed by atoms with E-state index in [0.29, 0.717) is 17.6 Å². The lowest BCUT2D eigenvalue weighted by molar-refractivity contribution is 0.427. The molecule has 0 aliphatic heterocycles. The van der Waals surface area contributed by atoms with Crippen LogP contribution >= 0.6 is 11.9 Å². The summed E-state index contributed by atoms with van der Waals surface area (Å²) < 4.78 is 23.1. The van der Waals surface area contributed by atoms with Crippen molar-refractivity contribution >= 4 is 17.9 Å². The van der Waals surface area contributed by atoms with Crippen LogP contribution in [-0.4, -0.2) is 15.0 Å². The first kappa shape index (κ1) is 20.8. The molecular weight excluding hydrogens is 411 g/mol. The number of benzene rings is 2. The fourth-order valence-electron chi connectivity index (χ4n) is 3.05. The number of para-hydroxylation sites is 1. The van der Waals surface area contributed by atoms with Gasteiger partial charge in [0.1, 0.15) is 0 Å². The topological polar surface area (TPSA) is 59.9 Å². The Balaban J connectivity index is 1.72. The average molecular weight is 433 g/mol. The molecule has 2 aromatic heterocycles. The molecule has 0 spiro atoms. The van der Waals surface area contributed by atoms with Crippen molar-refractivity contribution in [2.75, 3.05) is 4.72 Å². The number of hydrogen-bond donors (Lipinski definition) is 1. The molecule has 0 saturated carbocycles. The summed E-state index contributed by atoms with van der Waals surface area (Å²) in [6.45, 7) is 4.27. The van der Waals surface area contributed by atoms with Crippen molar-refractivity contribution < 1.29 is 9.13 Å². The number of ether oxygens (including phenoxy) is 1. The van der Waals surface area contributed by atoms with Crippen LogP contribution in [0.5, 0.6) is 11.6 Å². The molecule has 0 amide bonds. The van der Waals surface area contributed by atoms with Gasteiger partial charge in [0.25, 0.3) is 0 Å². The molecular formula is C24H21FN4OS. The van der Waals surface area contributed by atoms with E-state index in [1.165, 1.54) is 18.0 Å². The summed E-state index contributed by atoms with van der Waals surface area (Å²) in [4.78, 5) is 14.1. The summed E-state index contributed by atoms with van der Waals surface area (Å²) in [5.41, 5.74) is 2.83. The van der Waals surface area contributed by atoms with Crippen LogP contribution in [0.15, 0.2) is 84.0 Å². The highest BCUT2D eigenvalue weighted by molar-refractivity contribution is 8.00. The molecule has 156 valence electrons. The first-order valence-corrected chi connectivity index (χ1v) is 10.7. The monoisotopic (exact) mass is 432 g/mol. The lowest BCUT2D eigenvalue weighted by Crippen LogP contribution is -2.01. The average Bonchev–Trinajstić information content (AvgIpc) is 2.80. The number of nitrogens with one attached hydrogen (secondary N) is 1. The van der Waals surface area contributed by atoms with Gasteiger partial charge in [-0.25, -0.2) is 9.37 Å². The van der Waals surface area contributed by atoms with Crippen LogP contribution in [0.25, 0.3) is 11.3 Å². The first-order valence-electron chi connectivity index (χ1n) is 9.84. The van der Waals surface area contributed by atoms with Gasteiger partial charge in [0, 0.05) is 28.9 Å². The number of anilines is 1. The minimum atomic E-state index is -0.454. The third kappa shape index (κ3) is 5.19. The predicted molar refractivity (Wildman–Crippen MR) is 122 cm³/mol. The highest BCUT2D eigenvalue weighted by Gasteiger charge is 2.14. The molecule has 0 atom stereocenters. The minimum absolute atomic E-state index is 0.107. The van der Waals surface area contributed by atoms with Crippen LogP contribution in [0.3, 0.4) is 0 Å². The van der Waals surface area contributed by atoms with E-state index in [0.717, 1.165) is 16.0 Å². The van der Waals surface area contributed by atoms with Gasteiger partial charge >= 0.3 is 0 Å². The lowest BCUT2D eigenvalue weighted by atomic mass is 9.95. The van der Waals surface area contributed by atoms with E-state index < -0.39 is 5.82 Å². The highest BCUT2D eigenvalue weighted by Crippen LogP contribution is 2.32. The zero-order valence-electron chi connectivity index (χ0n) is 17.1. The van der Waals surface area contributed by atoms with Gasteiger partial charge in [-0.15, -0.1) is 0 Å². The summed E-state index contributed by atoms with van der Waals surface area (Å²) in [6.07, 6.45) is 3.46. The maximum absolute atomic E-state index is 14.1. The summed E-state index contributed by atoms with van der Waals surface area (Å²) in [5.74, 6) is 0.571. The minimum Gasteiger partial charge on any atom is -0.436 e. The molecule has 0 radical (unpaired) electrons. The van der Waals surface area contributed by atoms with Crippen molar-refractivity contribution in [3.8, 4) is 22.9 Å². The fraction of sp³-hybridized carbons (Fsp3) is 0.125. The lowest BCUT2D eigenvalue weighted by Gasteiger charge is -2.14. The number of aromatic nitrogens is 3. The second-order valence-electron chi connectivity index (χ2n) is 7.08. The summed E-state index contributed by atoms with van der Waals surface area (Å²) in [6, 6.07) is 19.8. The van der Waals surface area contributed by atoms with Crippen molar-refractivity contribution in [1.82, 2.24) is 15.0 Å². The van der Waals surface area contributed by atoms with Gasteiger partial charge in [-0.05, 0) is 47.7 Å². The third-order valence-electron chi connectivity index (χ3n) is 4.51. The molecule has 31 heavy (non-hydrogen) atoms. The second-order valence-corrected chi connectivity index (χ2v) is 7.96. The quantitative estimate of drug-likeness (QED) is 0.327. The SMILES string of the molecule is CC(C)c1ccccc1-c1cc(Oc2ccccc2F)nc(NSc2cccnc2)n1. The molecule has 1 N–H and O–H groups in total. The number of hydrogen-bond acceptors (Lipinski definition) is 6. The number of rotatable bonds is 7. The van der Waals surface area contributed by atoms with Crippen molar-refractivity contribution in [3.05, 3.63) is 90.5 Å². The van der Waals surface area contributed by atoms with Crippen LogP contribution in [0.4, 0.5) is 10.3 Å². The van der Waals surface area contributed by atoms with Crippen LogP contribution in [0.1, 0.15) is 25.3 Å². The highest BCUT2D eigenvalue weighted by atomic mass is 32.2. The molecule has 4 aromatic rings. The molecule has 4 rings (SSSR count). The Bertz CT molecular complexity index is 1170. The van der Waals surface area contributed by atoms with E-state index in [4.69, 9.17) is 4.74 Å². The van der Waals surface area contributed by atoms with E-state index in [2.05, 4.69) is 39.6 Å². The van der Waals surface area contributed by atoms with E-state index in [-0.39, 0.29) is 11.6 Å². The van der Waals surface area contributed by atoms with Crippen LogP contribution in [0.2, 0.25) is 0 Å². The largest absolute Gasteiger partial charge is 0.436 e. The Morgan fingerprint density at radius 1 is 0.968 bits per heavy atom. The molecule has 0 saturated heterocycles. The summed E-state index contributed by atoms with van der Waals surface area (Å²) >= 11 is 1.34. The standard InChI is InChI=1S/C24H21FN4OS/c1-16(2)18-9-3-4-10-19(18)21-14-23(30-22-12-6-5-11-20(22)25)28-24(27-21)29-31-17-8-7-13-26-15-17/h3-16H,1-2H3,(H,27,28,29). The summed E-state index contributed by atoms with van der Waals surface area (Å²) in [7, 11) is 0. The van der Waals surface area contributed by atoms with Gasteiger partial charge in [0.2, 0.25) is 11.8 Å². The molecule has 5 nitrogen and oxygen atoms in total. The normalized spacial score (nSPS) is 10.8. The van der Waals surface area contributed by atoms with Gasteiger partial charge < -0.3 is 4.74 Å². The molecule has 2 heterocycles. The van der Waals surface area contributed by atoms with Gasteiger partial charge in [-0.3, -0.25) is 9.71 Å². The zero-order chi connectivity index (χ0) is 21.6. The van der Waals surface area contributed by atoms with Crippen LogP contribution < -0.4 is 9.46 Å².